The SMILES string of the molecule is NC(=O)C1(N2CCCCC2)CCN(CC2=NOC(c3ccccc3)C2)CC1. The Labute approximate surface area is 161 Å². The lowest BCUT2D eigenvalue weighted by Crippen LogP contribution is -2.63. The minimum absolute atomic E-state index is 0.0315. The van der Waals surface area contributed by atoms with Crippen LogP contribution in [0.15, 0.2) is 35.5 Å². The summed E-state index contributed by atoms with van der Waals surface area (Å²) in [6.07, 6.45) is 6.12. The molecule has 2 fully saturated rings. The van der Waals surface area contributed by atoms with Gasteiger partial charge in [0, 0.05) is 26.1 Å². The van der Waals surface area contributed by atoms with Gasteiger partial charge >= 0.3 is 0 Å². The van der Waals surface area contributed by atoms with Crippen LogP contribution in [0.5, 0.6) is 0 Å². The van der Waals surface area contributed by atoms with Crippen molar-refractivity contribution in [2.45, 2.75) is 50.2 Å². The summed E-state index contributed by atoms with van der Waals surface area (Å²) < 4.78 is 0. The average molecular weight is 370 g/mol. The molecule has 6 nitrogen and oxygen atoms in total. The summed E-state index contributed by atoms with van der Waals surface area (Å²) in [5.41, 5.74) is 7.70. The lowest BCUT2D eigenvalue weighted by molar-refractivity contribution is -0.134. The number of piperidine rings is 2. The molecule has 4 rings (SSSR count). The number of hydrogen-bond donors (Lipinski definition) is 1. The quantitative estimate of drug-likeness (QED) is 0.863. The first kappa shape index (κ1) is 18.4. The molecular weight excluding hydrogens is 340 g/mol. The van der Waals surface area contributed by atoms with Crippen LogP contribution in [0.2, 0.25) is 0 Å². The van der Waals surface area contributed by atoms with E-state index in [-0.39, 0.29) is 12.0 Å². The zero-order valence-corrected chi connectivity index (χ0v) is 16.0. The molecule has 1 atom stereocenters. The van der Waals surface area contributed by atoms with Crippen molar-refractivity contribution in [3.63, 3.8) is 0 Å². The number of nitrogens with zero attached hydrogens (tertiary/aromatic N) is 3. The molecule has 3 heterocycles. The second-order valence-electron chi connectivity index (χ2n) is 8.09. The number of carbonyl (C=O) groups is 1. The number of rotatable bonds is 5. The summed E-state index contributed by atoms with van der Waals surface area (Å²) >= 11 is 0. The third kappa shape index (κ3) is 3.87. The van der Waals surface area contributed by atoms with Crippen LogP contribution in [0.4, 0.5) is 0 Å². The summed E-state index contributed by atoms with van der Waals surface area (Å²) in [5.74, 6) is -0.144. The van der Waals surface area contributed by atoms with Crippen LogP contribution in [-0.4, -0.2) is 59.7 Å². The second kappa shape index (κ2) is 7.98. The Morgan fingerprint density at radius 3 is 2.48 bits per heavy atom. The van der Waals surface area contributed by atoms with E-state index in [2.05, 4.69) is 27.1 Å². The van der Waals surface area contributed by atoms with E-state index in [4.69, 9.17) is 10.6 Å². The minimum atomic E-state index is -0.447. The maximum absolute atomic E-state index is 12.3. The van der Waals surface area contributed by atoms with Crippen molar-refractivity contribution in [1.29, 1.82) is 0 Å². The Bertz CT molecular complexity index is 677. The zero-order valence-electron chi connectivity index (χ0n) is 16.0. The number of likely N-dealkylation sites (tertiary alicyclic amines) is 2. The number of nitrogens with two attached hydrogens (primary N) is 1. The molecule has 0 bridgehead atoms. The van der Waals surface area contributed by atoms with Crippen molar-refractivity contribution in [3.8, 4) is 0 Å². The van der Waals surface area contributed by atoms with Crippen LogP contribution in [0.1, 0.15) is 50.2 Å². The highest BCUT2D eigenvalue weighted by molar-refractivity contribution is 5.88. The molecule has 1 amide bonds. The van der Waals surface area contributed by atoms with Crippen LogP contribution >= 0.6 is 0 Å². The van der Waals surface area contributed by atoms with Gasteiger partial charge in [-0.15, -0.1) is 0 Å². The lowest BCUT2D eigenvalue weighted by atomic mass is 9.83. The first-order valence-electron chi connectivity index (χ1n) is 10.2. The van der Waals surface area contributed by atoms with Crippen LogP contribution < -0.4 is 5.73 Å². The number of amides is 1. The molecule has 3 aliphatic rings. The Morgan fingerprint density at radius 1 is 1.11 bits per heavy atom. The molecule has 3 aliphatic heterocycles. The molecule has 1 aromatic carbocycles. The van der Waals surface area contributed by atoms with Gasteiger partial charge in [-0.05, 0) is 44.3 Å². The Morgan fingerprint density at radius 2 is 1.81 bits per heavy atom. The molecule has 27 heavy (non-hydrogen) atoms. The number of hydrogen-bond acceptors (Lipinski definition) is 5. The van der Waals surface area contributed by atoms with Gasteiger partial charge < -0.3 is 10.6 Å². The van der Waals surface area contributed by atoms with Gasteiger partial charge in [-0.2, -0.15) is 0 Å². The summed E-state index contributed by atoms with van der Waals surface area (Å²) in [4.78, 5) is 22.7. The Balaban J connectivity index is 1.32. The highest BCUT2D eigenvalue weighted by Crippen LogP contribution is 2.32. The third-order valence-electron chi connectivity index (χ3n) is 6.41. The largest absolute Gasteiger partial charge is 0.387 e. The molecule has 0 aliphatic carbocycles. The topological polar surface area (TPSA) is 71.2 Å². The van der Waals surface area contributed by atoms with Gasteiger partial charge in [0.25, 0.3) is 0 Å². The van der Waals surface area contributed by atoms with E-state index in [1.54, 1.807) is 0 Å². The minimum Gasteiger partial charge on any atom is -0.387 e. The van der Waals surface area contributed by atoms with Gasteiger partial charge in [0.15, 0.2) is 6.10 Å². The summed E-state index contributed by atoms with van der Waals surface area (Å²) in [6, 6.07) is 10.3. The molecule has 0 spiro atoms. The first-order valence-corrected chi connectivity index (χ1v) is 10.2. The molecule has 0 saturated carbocycles. The van der Waals surface area contributed by atoms with Crippen molar-refractivity contribution >= 4 is 11.6 Å². The van der Waals surface area contributed by atoms with Crippen LogP contribution in [0.25, 0.3) is 0 Å². The molecule has 146 valence electrons. The van der Waals surface area contributed by atoms with Crippen molar-refractivity contribution in [3.05, 3.63) is 35.9 Å². The van der Waals surface area contributed by atoms with E-state index in [0.29, 0.717) is 0 Å². The number of primary amides is 1. The molecule has 2 N–H and O–H groups in total. The average Bonchev–Trinajstić information content (AvgIpc) is 3.18. The van der Waals surface area contributed by atoms with E-state index < -0.39 is 5.54 Å². The predicted molar refractivity (Wildman–Crippen MR) is 105 cm³/mol. The summed E-state index contributed by atoms with van der Waals surface area (Å²) in [5, 5.41) is 4.32. The molecular formula is C21H30N4O2. The van der Waals surface area contributed by atoms with E-state index in [0.717, 1.165) is 57.7 Å². The predicted octanol–water partition coefficient (Wildman–Crippen LogP) is 2.31. The molecule has 2 saturated heterocycles. The number of benzene rings is 1. The standard InChI is InChI=1S/C21H30N4O2/c22-20(26)21(25-11-5-2-6-12-25)9-13-24(14-10-21)16-18-15-19(27-23-18)17-7-3-1-4-8-17/h1,3-4,7-8,19H,2,5-6,9-16H2,(H2,22,26). The van der Waals surface area contributed by atoms with Crippen molar-refractivity contribution in [2.75, 3.05) is 32.7 Å². The van der Waals surface area contributed by atoms with Gasteiger partial charge in [-0.25, -0.2) is 0 Å². The van der Waals surface area contributed by atoms with E-state index in [1.165, 1.54) is 24.8 Å². The highest BCUT2D eigenvalue weighted by atomic mass is 16.6. The highest BCUT2D eigenvalue weighted by Gasteiger charge is 2.45. The fraction of sp³-hybridized carbons (Fsp3) is 0.619. The van der Waals surface area contributed by atoms with Gasteiger partial charge in [-0.1, -0.05) is 41.9 Å². The fourth-order valence-corrected chi connectivity index (χ4v) is 4.75. The van der Waals surface area contributed by atoms with Gasteiger partial charge in [0.1, 0.15) is 5.54 Å². The van der Waals surface area contributed by atoms with Crippen LogP contribution in [-0.2, 0) is 9.63 Å². The monoisotopic (exact) mass is 370 g/mol. The van der Waals surface area contributed by atoms with E-state index in [1.807, 2.05) is 18.2 Å². The van der Waals surface area contributed by atoms with E-state index >= 15 is 0 Å². The smallest absolute Gasteiger partial charge is 0.238 e. The first-order chi connectivity index (χ1) is 13.2. The molecule has 6 heteroatoms. The Hall–Kier alpha value is -1.92. The summed E-state index contributed by atoms with van der Waals surface area (Å²) in [6.45, 7) is 4.59. The van der Waals surface area contributed by atoms with Crippen LogP contribution in [0.3, 0.4) is 0 Å². The maximum Gasteiger partial charge on any atom is 0.238 e. The van der Waals surface area contributed by atoms with Gasteiger partial charge in [0.05, 0.1) is 5.71 Å². The normalized spacial score (nSPS) is 26.4. The van der Waals surface area contributed by atoms with Crippen molar-refractivity contribution < 1.29 is 9.63 Å². The molecule has 0 aromatic heterocycles. The summed E-state index contributed by atoms with van der Waals surface area (Å²) in [7, 11) is 0. The molecule has 1 aromatic rings. The lowest BCUT2D eigenvalue weighted by Gasteiger charge is -2.48. The second-order valence-corrected chi connectivity index (χ2v) is 8.09. The molecule has 1 unspecified atom stereocenters. The third-order valence-corrected chi connectivity index (χ3v) is 6.41. The van der Waals surface area contributed by atoms with Gasteiger partial charge in [-0.3, -0.25) is 14.6 Å². The zero-order chi connectivity index (χ0) is 18.7. The number of carbonyl (C=O) groups excluding carboxylic acids is 1. The fourth-order valence-electron chi connectivity index (χ4n) is 4.75. The maximum atomic E-state index is 12.3. The molecule has 0 radical (unpaired) electrons. The number of oxime groups is 1. The van der Waals surface area contributed by atoms with Crippen molar-refractivity contribution in [2.24, 2.45) is 10.9 Å². The van der Waals surface area contributed by atoms with E-state index in [9.17, 15) is 4.79 Å². The van der Waals surface area contributed by atoms with Gasteiger partial charge in [0.2, 0.25) is 5.91 Å². The Kier molecular flexibility index (Phi) is 5.45. The van der Waals surface area contributed by atoms with Crippen LogP contribution in [0, 0.1) is 0 Å². The van der Waals surface area contributed by atoms with Crippen molar-refractivity contribution in [1.82, 2.24) is 9.80 Å².